The maximum atomic E-state index is 14.0. The first-order valence-electron chi connectivity index (χ1n) is 26.4. The minimum Gasteiger partial charge on any atom is -0.481 e. The Balaban J connectivity index is 6.66. The zero-order chi connectivity index (χ0) is 65.0. The van der Waals surface area contributed by atoms with Crippen LogP contribution in [0.1, 0.15) is 84.5 Å². The molecule has 0 aliphatic carbocycles. The molecule has 9 atom stereocenters. The van der Waals surface area contributed by atoms with E-state index in [0.717, 1.165) is 0 Å². The summed E-state index contributed by atoms with van der Waals surface area (Å²) in [5.41, 5.74) is 43.8. The van der Waals surface area contributed by atoms with Crippen molar-refractivity contribution in [3.8, 4) is 0 Å². The number of aliphatic hydroxyl groups is 2. The van der Waals surface area contributed by atoms with Gasteiger partial charge in [-0.15, -0.1) is 0 Å². The quantitative estimate of drug-likeness (QED) is 0.0117. The smallest absolute Gasteiger partial charge is 0.469 e. The second-order valence-electron chi connectivity index (χ2n) is 19.1. The first-order chi connectivity index (χ1) is 39.8. The normalized spacial score (nSPS) is 14.3. The molecule has 0 aliphatic rings. The number of phosphoric ester groups is 1. The van der Waals surface area contributed by atoms with Gasteiger partial charge >= 0.3 is 19.8 Å². The molecule has 0 spiro atoms. The van der Waals surface area contributed by atoms with E-state index >= 15 is 0 Å². The molecule has 484 valence electrons. The summed E-state index contributed by atoms with van der Waals surface area (Å²) in [5, 5.41) is 59.1. The Morgan fingerprint density at radius 1 is 0.494 bits per heavy atom. The third kappa shape index (κ3) is 34.3. The minimum atomic E-state index is -5.39. The second-order valence-corrected chi connectivity index (χ2v) is 20.3. The fraction of sp³-hybridized carbons (Fsp3) is 0.689. The number of aliphatic imine (C=N–C) groups is 3. The zero-order valence-corrected chi connectivity index (χ0v) is 48.0. The van der Waals surface area contributed by atoms with E-state index in [1.807, 2.05) is 0 Å². The Kier molecular flexibility index (Phi) is 37.1. The lowest BCUT2D eigenvalue weighted by molar-refractivity contribution is -0.143. The minimum absolute atomic E-state index is 0.0108. The first-order valence-corrected chi connectivity index (χ1v) is 28.0. The summed E-state index contributed by atoms with van der Waals surface area (Å²) in [7, 11) is -5.39. The third-order valence-corrected chi connectivity index (χ3v) is 12.1. The fourth-order valence-corrected chi connectivity index (χ4v) is 7.52. The summed E-state index contributed by atoms with van der Waals surface area (Å²) in [4.78, 5) is 175. The molecule has 0 aromatic carbocycles. The molecule has 9 amide bonds. The number of guanidine groups is 3. The number of aliphatic carboxylic acids is 2. The number of amides is 9. The maximum absolute atomic E-state index is 14.0. The van der Waals surface area contributed by atoms with Crippen molar-refractivity contribution in [2.45, 2.75) is 139 Å². The van der Waals surface area contributed by atoms with Crippen LogP contribution >= 0.6 is 7.82 Å². The van der Waals surface area contributed by atoms with E-state index in [1.54, 1.807) is 0 Å². The number of carbonyl (C=O) groups excluding carboxylic acids is 9. The summed E-state index contributed by atoms with van der Waals surface area (Å²) >= 11 is 0. The molecule has 85 heavy (non-hydrogen) atoms. The standard InChI is InChI=1S/C45H85N20O19P/c1-22(2)33(41(78)64-30(21-84-85(81,82)83)40(77)60-26(11-7-17-56-45(52)53)37(74)61-27(42(79)80)12-13-32(69)70)65-31(68)18-57-35(72)24(9-5-15-54-43(48)49)58-36(73)25(10-6-16-55-44(50)51)59-38(75)29(20-67)63-39(76)28(19-66)62-34(71)23(47)8-3-4-14-46/h22-30,33,66-67H,3-21,46-47H2,1-2H3,(H,57,72)(H,58,73)(H,59,75)(H,60,77)(H,61,74)(H,62,71)(H,63,76)(H,64,78)(H,65,68)(H,69,70)(H,79,80)(H4,48,49,54)(H4,50,51,55)(H4,52,53,56)(H2,81,82,83)/t23-,24-,25-,26-,27-,28-,29-,30-,33-/m0/s1. The van der Waals surface area contributed by atoms with Gasteiger partial charge < -0.3 is 124 Å². The second kappa shape index (κ2) is 41.0. The molecule has 0 rings (SSSR count). The van der Waals surface area contributed by atoms with Gasteiger partial charge in [0.2, 0.25) is 53.2 Å². The highest BCUT2D eigenvalue weighted by atomic mass is 31.2. The van der Waals surface area contributed by atoms with Gasteiger partial charge in [0.1, 0.15) is 48.3 Å². The number of phosphoric acid groups is 1. The number of unbranched alkanes of at least 4 members (excludes halogenated alkanes) is 1. The van der Waals surface area contributed by atoms with Crippen molar-refractivity contribution in [2.24, 2.45) is 66.8 Å². The van der Waals surface area contributed by atoms with E-state index in [4.69, 9.17) is 51.0 Å². The molecule has 0 heterocycles. The van der Waals surface area contributed by atoms with Crippen LogP contribution in [0.2, 0.25) is 0 Å². The molecular weight excluding hydrogens is 1160 g/mol. The van der Waals surface area contributed by atoms with Crippen molar-refractivity contribution in [1.29, 1.82) is 0 Å². The van der Waals surface area contributed by atoms with Crippen LogP contribution in [-0.4, -0.2) is 220 Å². The average Bonchev–Trinajstić information content (AvgIpc) is 3.59. The largest absolute Gasteiger partial charge is 0.481 e. The van der Waals surface area contributed by atoms with Gasteiger partial charge in [0.25, 0.3) is 0 Å². The van der Waals surface area contributed by atoms with Crippen LogP contribution in [0.5, 0.6) is 0 Å². The van der Waals surface area contributed by atoms with Gasteiger partial charge in [-0.3, -0.25) is 67.4 Å². The van der Waals surface area contributed by atoms with Gasteiger partial charge in [-0.05, 0) is 70.3 Å². The van der Waals surface area contributed by atoms with Crippen molar-refractivity contribution in [3.63, 3.8) is 0 Å². The van der Waals surface area contributed by atoms with Gasteiger partial charge in [0, 0.05) is 26.1 Å². The number of rotatable bonds is 44. The Hall–Kier alpha value is -8.07. The number of carboxylic acid groups (broad SMARTS) is 2. The molecule has 40 heteroatoms. The molecule has 0 unspecified atom stereocenters. The van der Waals surface area contributed by atoms with Crippen molar-refractivity contribution in [2.75, 3.05) is 52.5 Å². The lowest BCUT2D eigenvalue weighted by Gasteiger charge is -2.27. The number of hydrogen-bond acceptors (Lipinski definition) is 20. The van der Waals surface area contributed by atoms with Crippen LogP contribution in [0.4, 0.5) is 0 Å². The number of hydrogen-bond donors (Lipinski definition) is 23. The number of nitrogens with two attached hydrogens (primary N) is 8. The predicted molar refractivity (Wildman–Crippen MR) is 301 cm³/mol. The van der Waals surface area contributed by atoms with Crippen LogP contribution < -0.4 is 93.7 Å². The fourth-order valence-electron chi connectivity index (χ4n) is 7.18. The molecule has 0 bridgehead atoms. The number of nitrogens with zero attached hydrogens (tertiary/aromatic N) is 3. The monoisotopic (exact) mass is 1240 g/mol. The summed E-state index contributed by atoms with van der Waals surface area (Å²) < 4.78 is 16.3. The van der Waals surface area contributed by atoms with Gasteiger partial charge in [0.05, 0.1) is 32.4 Å². The SMILES string of the molecule is CC(C)[C@H](NC(=O)CNC(=O)[C@H](CCCN=C(N)N)NC(=O)[C@H](CCCN=C(N)N)NC(=O)[C@H](CO)NC(=O)[C@H](CO)NC(=O)[C@@H](N)CCCCN)C(=O)N[C@@H](COP(=O)(O)O)C(=O)N[C@@H](CCCN=C(N)N)C(=O)N[C@@H](CCC(=O)O)C(=O)O. The average molecular weight is 1240 g/mol. The van der Waals surface area contributed by atoms with Crippen molar-refractivity contribution in [1.82, 2.24) is 47.9 Å². The van der Waals surface area contributed by atoms with Crippen molar-refractivity contribution < 1.29 is 92.0 Å². The van der Waals surface area contributed by atoms with Crippen LogP contribution in [0, 0.1) is 5.92 Å². The van der Waals surface area contributed by atoms with Gasteiger partial charge in [-0.1, -0.05) is 20.3 Å². The first kappa shape index (κ1) is 76.9. The topological polar surface area (TPSA) is 689 Å². The van der Waals surface area contributed by atoms with E-state index in [9.17, 15) is 82.4 Å². The van der Waals surface area contributed by atoms with E-state index in [1.165, 1.54) is 13.8 Å². The summed E-state index contributed by atoms with van der Waals surface area (Å²) in [6, 6.07) is -14.7. The number of carboxylic acids is 2. The van der Waals surface area contributed by atoms with E-state index < -0.39 is 172 Å². The van der Waals surface area contributed by atoms with Gasteiger partial charge in [0.15, 0.2) is 17.9 Å². The molecule has 31 N–H and O–H groups in total. The molecule has 0 saturated heterocycles. The molecule has 0 aromatic rings. The van der Waals surface area contributed by atoms with Gasteiger partial charge in [-0.25, -0.2) is 9.36 Å². The number of aliphatic hydroxyl groups excluding tert-OH is 2. The Morgan fingerprint density at radius 2 is 0.882 bits per heavy atom. The summed E-state index contributed by atoms with van der Waals surface area (Å²) in [6.45, 7) is -1.28. The highest BCUT2D eigenvalue weighted by Crippen LogP contribution is 2.35. The third-order valence-electron chi connectivity index (χ3n) is 11.7. The predicted octanol–water partition coefficient (Wildman–Crippen LogP) is -10.7. The van der Waals surface area contributed by atoms with E-state index in [0.29, 0.717) is 19.4 Å². The zero-order valence-electron chi connectivity index (χ0n) is 47.1. The van der Waals surface area contributed by atoms with E-state index in [-0.39, 0.29) is 82.5 Å². The van der Waals surface area contributed by atoms with Gasteiger partial charge in [-0.2, -0.15) is 0 Å². The van der Waals surface area contributed by atoms with Crippen LogP contribution in [0.15, 0.2) is 15.0 Å². The number of nitrogens with one attached hydrogen (secondary N) is 9. The lowest BCUT2D eigenvalue weighted by Crippen LogP contribution is -2.60. The summed E-state index contributed by atoms with van der Waals surface area (Å²) in [6.07, 6.45) is -0.842. The Morgan fingerprint density at radius 3 is 1.27 bits per heavy atom. The molecule has 0 aromatic heterocycles. The van der Waals surface area contributed by atoms with Crippen LogP contribution in [-0.2, 0) is 61.8 Å². The molecule has 39 nitrogen and oxygen atoms in total. The highest BCUT2D eigenvalue weighted by molar-refractivity contribution is 7.46. The summed E-state index contributed by atoms with van der Waals surface area (Å²) in [5.74, 6) is -14.8. The molecule has 0 aliphatic heterocycles. The highest BCUT2D eigenvalue weighted by Gasteiger charge is 2.36. The van der Waals surface area contributed by atoms with Crippen molar-refractivity contribution in [3.05, 3.63) is 0 Å². The number of carbonyl (C=O) groups is 11. The molecule has 0 radical (unpaired) electrons. The molecule has 0 saturated carbocycles. The molecular formula is C45H85N20O19P. The Labute approximate surface area is 487 Å². The molecule has 0 fully saturated rings. The van der Waals surface area contributed by atoms with E-state index in [2.05, 4.69) is 67.4 Å². The van der Waals surface area contributed by atoms with Crippen LogP contribution in [0.25, 0.3) is 0 Å². The Bertz CT molecular complexity index is 2370. The van der Waals surface area contributed by atoms with Crippen LogP contribution in [0.3, 0.4) is 0 Å². The lowest BCUT2D eigenvalue weighted by atomic mass is 10.0. The maximum Gasteiger partial charge on any atom is 0.469 e. The van der Waals surface area contributed by atoms with Crippen molar-refractivity contribution >= 4 is 90.8 Å².